The quantitative estimate of drug-likeness (QED) is 0.527. The number of sulfone groups is 1. The average Bonchev–Trinajstić information content (AvgIpc) is 2.54. The molecule has 0 bridgehead atoms. The summed E-state index contributed by atoms with van der Waals surface area (Å²) >= 11 is 0. The molecule has 0 radical (unpaired) electrons. The standard InChI is InChI=1S/C6H3N3O7.C5H7N3O2S/c10-6-4(8(13)14)1-3(7(11)12)2-5(6)9(15)16;1-11(9,10)5-3-2-4(6)7-8-5/h1-2,10H;2-3H,1H3,(H2,6,7). The number of benzene rings is 1. The van der Waals surface area contributed by atoms with E-state index in [1.165, 1.54) is 12.1 Å². The van der Waals surface area contributed by atoms with Gasteiger partial charge in [0.25, 0.3) is 11.4 Å². The molecule has 0 fully saturated rings. The van der Waals surface area contributed by atoms with Gasteiger partial charge in [0.1, 0.15) is 5.82 Å². The number of nitrogens with zero attached hydrogens (tertiary/aromatic N) is 5. The van der Waals surface area contributed by atoms with Crippen LogP contribution in [0.2, 0.25) is 0 Å². The highest BCUT2D eigenvalue weighted by atomic mass is 32.2. The number of nitro benzene ring substituents is 3. The maximum absolute atomic E-state index is 10.8. The van der Waals surface area contributed by atoms with Gasteiger partial charge in [-0.15, -0.1) is 10.2 Å². The summed E-state index contributed by atoms with van der Waals surface area (Å²) in [5.41, 5.74) is 2.20. The summed E-state index contributed by atoms with van der Waals surface area (Å²) in [6.45, 7) is 0. The second kappa shape index (κ2) is 7.95. The zero-order valence-corrected chi connectivity index (χ0v) is 14.1. The predicted molar refractivity (Wildman–Crippen MR) is 87.6 cm³/mol. The number of phenolic OH excluding ortho intramolecular Hbond substituents is 1. The maximum atomic E-state index is 10.8. The fraction of sp³-hybridized carbons (Fsp3) is 0.0909. The van der Waals surface area contributed by atoms with Crippen LogP contribution in [0.4, 0.5) is 22.9 Å². The van der Waals surface area contributed by atoms with Crippen LogP contribution in [0.15, 0.2) is 29.3 Å². The topological polar surface area (TPSA) is 236 Å². The number of non-ortho nitro benzene ring substituents is 1. The number of phenols is 1. The smallest absolute Gasteiger partial charge is 0.324 e. The highest BCUT2D eigenvalue weighted by molar-refractivity contribution is 7.90. The summed E-state index contributed by atoms with van der Waals surface area (Å²) in [6, 6.07) is 3.60. The minimum atomic E-state index is -3.25. The first-order chi connectivity index (χ1) is 12.3. The highest BCUT2D eigenvalue weighted by Gasteiger charge is 2.30. The summed E-state index contributed by atoms with van der Waals surface area (Å²) < 4.78 is 21.6. The number of rotatable bonds is 4. The molecule has 1 heterocycles. The van der Waals surface area contributed by atoms with Crippen LogP contribution < -0.4 is 5.73 Å². The fourth-order valence-electron chi connectivity index (χ4n) is 1.50. The Labute approximate surface area is 149 Å². The molecule has 3 N–H and O–H groups in total. The van der Waals surface area contributed by atoms with Crippen LogP contribution in [0.1, 0.15) is 0 Å². The van der Waals surface area contributed by atoms with Crippen molar-refractivity contribution in [1.29, 1.82) is 0 Å². The van der Waals surface area contributed by atoms with E-state index in [0.717, 1.165) is 6.26 Å². The second-order valence-corrected chi connectivity index (χ2v) is 6.64. The van der Waals surface area contributed by atoms with Gasteiger partial charge >= 0.3 is 11.4 Å². The van der Waals surface area contributed by atoms with Crippen LogP contribution in [0.25, 0.3) is 0 Å². The van der Waals surface area contributed by atoms with E-state index in [2.05, 4.69) is 10.2 Å². The van der Waals surface area contributed by atoms with Gasteiger partial charge in [-0.25, -0.2) is 8.42 Å². The number of anilines is 1. The van der Waals surface area contributed by atoms with E-state index in [1.807, 2.05) is 0 Å². The summed E-state index contributed by atoms with van der Waals surface area (Å²) in [5, 5.41) is 46.9. The third kappa shape index (κ3) is 5.53. The van der Waals surface area contributed by atoms with Crippen molar-refractivity contribution in [2.45, 2.75) is 5.03 Å². The fourth-order valence-corrected chi connectivity index (χ4v) is 2.01. The zero-order valence-electron chi connectivity index (χ0n) is 13.2. The largest absolute Gasteiger partial charge is 0.497 e. The lowest BCUT2D eigenvalue weighted by Gasteiger charge is -1.97. The molecule has 0 saturated carbocycles. The van der Waals surface area contributed by atoms with Gasteiger partial charge in [-0.2, -0.15) is 0 Å². The molecule has 0 unspecified atom stereocenters. The molecule has 16 heteroatoms. The Bertz CT molecular complexity index is 970. The van der Waals surface area contributed by atoms with Crippen LogP contribution in [-0.4, -0.2) is 44.7 Å². The number of hydrogen-bond acceptors (Lipinski definition) is 12. The van der Waals surface area contributed by atoms with E-state index in [-0.39, 0.29) is 10.8 Å². The lowest BCUT2D eigenvalue weighted by atomic mass is 10.2. The molecular formula is C11H10N6O9S. The molecule has 2 aromatic rings. The number of nitrogen functional groups attached to an aromatic ring is 1. The average molecular weight is 402 g/mol. The van der Waals surface area contributed by atoms with Crippen molar-refractivity contribution in [2.24, 2.45) is 0 Å². The van der Waals surface area contributed by atoms with Gasteiger partial charge in [-0.1, -0.05) is 0 Å². The zero-order chi connectivity index (χ0) is 20.9. The van der Waals surface area contributed by atoms with Crippen molar-refractivity contribution < 1.29 is 28.3 Å². The van der Waals surface area contributed by atoms with Gasteiger partial charge in [-0.05, 0) is 12.1 Å². The van der Waals surface area contributed by atoms with Crippen LogP contribution in [0, 0.1) is 30.3 Å². The summed E-state index contributed by atoms with van der Waals surface area (Å²) in [6.07, 6.45) is 1.06. The van der Waals surface area contributed by atoms with Crippen molar-refractivity contribution in [2.75, 3.05) is 12.0 Å². The van der Waals surface area contributed by atoms with Gasteiger partial charge in [0.2, 0.25) is 0 Å². The third-order valence-electron chi connectivity index (χ3n) is 2.70. The molecule has 0 spiro atoms. The summed E-state index contributed by atoms with van der Waals surface area (Å²) in [7, 11) is -3.25. The van der Waals surface area contributed by atoms with Gasteiger partial charge in [0.15, 0.2) is 14.9 Å². The van der Waals surface area contributed by atoms with Crippen molar-refractivity contribution in [3.63, 3.8) is 0 Å². The molecule has 0 aliphatic rings. The molecule has 1 aromatic carbocycles. The Morgan fingerprint density at radius 2 is 1.44 bits per heavy atom. The minimum Gasteiger partial charge on any atom is -0.497 e. The van der Waals surface area contributed by atoms with E-state index in [1.54, 1.807) is 0 Å². The first-order valence-corrected chi connectivity index (χ1v) is 8.33. The predicted octanol–water partition coefficient (Wildman–Crippen LogP) is 0.579. The van der Waals surface area contributed by atoms with Gasteiger partial charge < -0.3 is 10.8 Å². The lowest BCUT2D eigenvalue weighted by molar-refractivity contribution is -0.404. The summed E-state index contributed by atoms with van der Waals surface area (Å²) in [5.74, 6) is -1.00. The second-order valence-electron chi connectivity index (χ2n) is 4.67. The maximum Gasteiger partial charge on any atom is 0.324 e. The number of hydrogen-bond donors (Lipinski definition) is 2. The van der Waals surface area contributed by atoms with E-state index in [4.69, 9.17) is 10.8 Å². The monoisotopic (exact) mass is 402 g/mol. The molecule has 144 valence electrons. The lowest BCUT2D eigenvalue weighted by Crippen LogP contribution is -2.03. The van der Waals surface area contributed by atoms with Gasteiger partial charge in [0.05, 0.1) is 26.9 Å². The normalized spacial score (nSPS) is 10.4. The summed E-state index contributed by atoms with van der Waals surface area (Å²) in [4.78, 5) is 27.8. The van der Waals surface area contributed by atoms with E-state index < -0.39 is 47.4 Å². The number of nitro groups is 3. The van der Waals surface area contributed by atoms with Gasteiger partial charge in [0, 0.05) is 6.26 Å². The third-order valence-corrected chi connectivity index (χ3v) is 3.68. The molecule has 15 nitrogen and oxygen atoms in total. The molecule has 0 atom stereocenters. The Balaban J connectivity index is 0.000000289. The molecule has 0 aliphatic carbocycles. The molecular weight excluding hydrogens is 392 g/mol. The molecule has 0 saturated heterocycles. The van der Waals surface area contributed by atoms with E-state index >= 15 is 0 Å². The Hall–Kier alpha value is -3.95. The first kappa shape index (κ1) is 21.1. The molecule has 2 rings (SSSR count). The Morgan fingerprint density at radius 1 is 0.963 bits per heavy atom. The molecule has 0 amide bonds. The number of aromatic hydroxyl groups is 1. The molecule has 1 aromatic heterocycles. The highest BCUT2D eigenvalue weighted by Crippen LogP contribution is 2.38. The van der Waals surface area contributed by atoms with Crippen LogP contribution in [0.5, 0.6) is 5.75 Å². The first-order valence-electron chi connectivity index (χ1n) is 6.44. The van der Waals surface area contributed by atoms with Crippen LogP contribution in [-0.2, 0) is 9.84 Å². The number of aromatic nitrogens is 2. The van der Waals surface area contributed by atoms with Crippen LogP contribution >= 0.6 is 0 Å². The molecule has 27 heavy (non-hydrogen) atoms. The van der Waals surface area contributed by atoms with Crippen molar-refractivity contribution in [3.05, 3.63) is 54.6 Å². The SMILES string of the molecule is CS(=O)(=O)c1ccc(N)nn1.O=[N+]([O-])c1cc([N+](=O)[O-])c(O)c([N+](=O)[O-])c1. The number of nitrogens with two attached hydrogens (primary N) is 1. The molecule has 0 aliphatic heterocycles. The van der Waals surface area contributed by atoms with Gasteiger partial charge in [-0.3, -0.25) is 30.3 Å². The van der Waals surface area contributed by atoms with E-state index in [9.17, 15) is 38.8 Å². The van der Waals surface area contributed by atoms with Crippen molar-refractivity contribution in [1.82, 2.24) is 10.2 Å². The van der Waals surface area contributed by atoms with Crippen molar-refractivity contribution >= 4 is 32.7 Å². The Morgan fingerprint density at radius 3 is 1.74 bits per heavy atom. The minimum absolute atomic E-state index is 0.0632. The Kier molecular flexibility index (Phi) is 6.21. The van der Waals surface area contributed by atoms with Crippen molar-refractivity contribution in [3.8, 4) is 5.75 Å². The van der Waals surface area contributed by atoms with E-state index in [0.29, 0.717) is 12.1 Å². The van der Waals surface area contributed by atoms with Crippen LogP contribution in [0.3, 0.4) is 0 Å².